The molecule has 1 atom stereocenters. The van der Waals surface area contributed by atoms with Gasteiger partial charge in [0.05, 0.1) is 27.5 Å². The van der Waals surface area contributed by atoms with Crippen LogP contribution < -0.4 is 4.90 Å². The zero-order chi connectivity index (χ0) is 25.1. The van der Waals surface area contributed by atoms with Gasteiger partial charge in [0.2, 0.25) is 0 Å². The predicted molar refractivity (Wildman–Crippen MR) is 141 cm³/mol. The molecule has 7 nitrogen and oxygen atoms in total. The summed E-state index contributed by atoms with van der Waals surface area (Å²) in [6.45, 7) is 1.74. The Morgan fingerprint density at radius 3 is 2.61 bits per heavy atom. The van der Waals surface area contributed by atoms with Gasteiger partial charge in [-0.2, -0.15) is 0 Å². The monoisotopic (exact) mass is 534 g/mol. The number of rotatable bonds is 3. The number of aliphatic hydroxyl groups is 1. The summed E-state index contributed by atoms with van der Waals surface area (Å²) in [5, 5.41) is 12.8. The molecule has 3 aromatic heterocycles. The summed E-state index contributed by atoms with van der Waals surface area (Å²) in [6, 6.07) is 16.6. The molecule has 1 aliphatic heterocycles. The smallest absolute Gasteiger partial charge is 0.301 e. The number of aromatic nitrogens is 3. The summed E-state index contributed by atoms with van der Waals surface area (Å²) < 4.78 is 2.45. The van der Waals surface area contributed by atoms with E-state index in [2.05, 4.69) is 9.97 Å². The topological polar surface area (TPSA) is 87.8 Å². The van der Waals surface area contributed by atoms with Crippen molar-refractivity contribution in [2.24, 2.45) is 0 Å². The summed E-state index contributed by atoms with van der Waals surface area (Å²) >= 11 is 13.7. The average Bonchev–Trinajstić information content (AvgIpc) is 3.49. The van der Waals surface area contributed by atoms with Crippen LogP contribution in [0.2, 0.25) is 10.0 Å². The summed E-state index contributed by atoms with van der Waals surface area (Å²) in [4.78, 5) is 37.4. The minimum atomic E-state index is -0.951. The molecule has 0 aliphatic carbocycles. The number of anilines is 1. The number of hydrogen-bond donors (Lipinski definition) is 1. The largest absolute Gasteiger partial charge is 0.505 e. The van der Waals surface area contributed by atoms with Gasteiger partial charge in [-0.15, -0.1) is 0 Å². The number of carbonyl (C=O) groups excluding carboxylic acids is 2. The number of fused-ring (bicyclic) bond motifs is 2. The summed E-state index contributed by atoms with van der Waals surface area (Å²) in [7, 11) is 0. The third-order valence-corrected chi connectivity index (χ3v) is 7.57. The zero-order valence-corrected chi connectivity index (χ0v) is 21.0. The standard InChI is InChI=1S/C26H16Cl2N4O3S/c1-13-21(31-10-3-2-7-19(31)29-13)23(33)20-22(14-5-4-6-15(27)11-14)32(25(35)24(20)34)26-30-17-9-8-16(28)12-18(17)36-26/h2-12,22,33H,1H3/b23-20+. The van der Waals surface area contributed by atoms with Crippen LogP contribution >= 0.6 is 34.5 Å². The molecule has 1 N–H and O–H groups in total. The minimum Gasteiger partial charge on any atom is -0.505 e. The fraction of sp³-hybridized carbons (Fsp3) is 0.0769. The number of thiazole rings is 1. The summed E-state index contributed by atoms with van der Waals surface area (Å²) in [5.74, 6) is -1.93. The van der Waals surface area contributed by atoms with Crippen molar-refractivity contribution in [2.75, 3.05) is 4.90 Å². The molecule has 10 heteroatoms. The highest BCUT2D eigenvalue weighted by Crippen LogP contribution is 2.45. The van der Waals surface area contributed by atoms with Gasteiger partial charge in [-0.1, -0.05) is 52.7 Å². The van der Waals surface area contributed by atoms with Gasteiger partial charge in [0.25, 0.3) is 5.78 Å². The van der Waals surface area contributed by atoms with Crippen LogP contribution in [0.25, 0.3) is 21.6 Å². The number of aliphatic hydroxyl groups excluding tert-OH is 1. The molecule has 5 aromatic rings. The third-order valence-electron chi connectivity index (χ3n) is 6.08. The molecular weight excluding hydrogens is 519 g/mol. The number of aryl methyl sites for hydroxylation is 1. The van der Waals surface area contributed by atoms with E-state index >= 15 is 0 Å². The number of Topliss-reactive ketones (excluding diaryl/α,β-unsaturated/α-hetero) is 1. The molecule has 1 unspecified atom stereocenters. The van der Waals surface area contributed by atoms with Gasteiger partial charge >= 0.3 is 5.91 Å². The molecule has 1 fully saturated rings. The fourth-order valence-corrected chi connectivity index (χ4v) is 6.00. The molecule has 6 rings (SSSR count). The fourth-order valence-electron chi connectivity index (χ4n) is 4.54. The molecule has 0 bridgehead atoms. The van der Waals surface area contributed by atoms with Crippen molar-refractivity contribution in [1.29, 1.82) is 0 Å². The van der Waals surface area contributed by atoms with Crippen molar-refractivity contribution in [3.63, 3.8) is 0 Å². The van der Waals surface area contributed by atoms with E-state index in [4.69, 9.17) is 23.2 Å². The molecular formula is C26H16Cl2N4O3S. The highest BCUT2D eigenvalue weighted by atomic mass is 35.5. The number of amides is 1. The highest BCUT2D eigenvalue weighted by molar-refractivity contribution is 7.22. The van der Waals surface area contributed by atoms with Crippen molar-refractivity contribution in [1.82, 2.24) is 14.4 Å². The van der Waals surface area contributed by atoms with Crippen LogP contribution in [0.15, 0.2) is 72.4 Å². The number of hydrogen-bond acceptors (Lipinski definition) is 6. The third kappa shape index (κ3) is 3.49. The maximum atomic E-state index is 13.5. The van der Waals surface area contributed by atoms with Crippen LogP contribution in [0.5, 0.6) is 0 Å². The predicted octanol–water partition coefficient (Wildman–Crippen LogP) is 6.19. The van der Waals surface area contributed by atoms with Crippen LogP contribution in [-0.2, 0) is 9.59 Å². The van der Waals surface area contributed by atoms with E-state index < -0.39 is 17.7 Å². The molecule has 0 radical (unpaired) electrons. The van der Waals surface area contributed by atoms with Gasteiger partial charge < -0.3 is 5.11 Å². The molecule has 4 heterocycles. The van der Waals surface area contributed by atoms with Crippen molar-refractivity contribution in [2.45, 2.75) is 13.0 Å². The van der Waals surface area contributed by atoms with E-state index in [-0.39, 0.29) is 11.3 Å². The second-order valence-corrected chi connectivity index (χ2v) is 10.2. The van der Waals surface area contributed by atoms with E-state index in [0.29, 0.717) is 43.3 Å². The molecule has 0 spiro atoms. The summed E-state index contributed by atoms with van der Waals surface area (Å²) in [5.41, 5.74) is 2.60. The van der Waals surface area contributed by atoms with E-state index in [1.165, 1.54) is 16.2 Å². The first-order chi connectivity index (χ1) is 17.3. The van der Waals surface area contributed by atoms with Gasteiger partial charge in [0.1, 0.15) is 11.3 Å². The van der Waals surface area contributed by atoms with Crippen LogP contribution in [0.3, 0.4) is 0 Å². The number of ketones is 1. The number of nitrogens with zero attached hydrogens (tertiary/aromatic N) is 4. The Kier molecular flexibility index (Phi) is 5.33. The Balaban J connectivity index is 1.62. The van der Waals surface area contributed by atoms with Crippen LogP contribution in [0.1, 0.15) is 23.0 Å². The van der Waals surface area contributed by atoms with Crippen LogP contribution in [0.4, 0.5) is 5.13 Å². The van der Waals surface area contributed by atoms with Gasteiger partial charge in [-0.05, 0) is 55.0 Å². The maximum absolute atomic E-state index is 13.5. The number of halogens is 2. The Hall–Kier alpha value is -3.72. The quantitative estimate of drug-likeness (QED) is 0.169. The average molecular weight is 535 g/mol. The van der Waals surface area contributed by atoms with Crippen molar-refractivity contribution in [3.8, 4) is 0 Å². The Morgan fingerprint density at radius 1 is 1.00 bits per heavy atom. The molecule has 1 aliphatic rings. The number of imidazole rings is 1. The lowest BCUT2D eigenvalue weighted by Crippen LogP contribution is -2.29. The lowest BCUT2D eigenvalue weighted by atomic mass is 9.96. The molecule has 1 saturated heterocycles. The Bertz CT molecular complexity index is 1760. The summed E-state index contributed by atoms with van der Waals surface area (Å²) in [6.07, 6.45) is 1.74. The van der Waals surface area contributed by atoms with Crippen molar-refractivity contribution >= 4 is 73.0 Å². The van der Waals surface area contributed by atoms with Crippen LogP contribution in [-0.4, -0.2) is 31.2 Å². The van der Waals surface area contributed by atoms with E-state index in [1.54, 1.807) is 72.1 Å². The maximum Gasteiger partial charge on any atom is 0.301 e. The first-order valence-corrected chi connectivity index (χ1v) is 12.5. The van der Waals surface area contributed by atoms with Crippen LogP contribution in [0, 0.1) is 6.92 Å². The molecule has 178 valence electrons. The van der Waals surface area contributed by atoms with Gasteiger partial charge in [-0.3, -0.25) is 18.9 Å². The Morgan fingerprint density at radius 2 is 1.81 bits per heavy atom. The second-order valence-electron chi connectivity index (χ2n) is 8.31. The number of pyridine rings is 1. The first-order valence-electron chi connectivity index (χ1n) is 10.9. The highest BCUT2D eigenvalue weighted by Gasteiger charge is 2.48. The SMILES string of the molecule is Cc1nc2ccccn2c1/C(O)=C1\C(=O)C(=O)N(c2nc3ccc(Cl)cc3s2)C1c1cccc(Cl)c1. The number of carbonyl (C=O) groups is 2. The van der Waals surface area contributed by atoms with Gasteiger partial charge in [-0.25, -0.2) is 9.97 Å². The Labute approximate surface area is 218 Å². The van der Waals surface area contributed by atoms with Gasteiger partial charge in [0.15, 0.2) is 10.9 Å². The normalized spacial score (nSPS) is 17.5. The lowest BCUT2D eigenvalue weighted by Gasteiger charge is -2.23. The van der Waals surface area contributed by atoms with Gasteiger partial charge in [0, 0.05) is 16.2 Å². The van der Waals surface area contributed by atoms with E-state index in [9.17, 15) is 14.7 Å². The van der Waals surface area contributed by atoms with Crippen molar-refractivity contribution < 1.29 is 14.7 Å². The van der Waals surface area contributed by atoms with Crippen molar-refractivity contribution in [3.05, 3.63) is 99.4 Å². The molecule has 1 amide bonds. The first kappa shape index (κ1) is 22.7. The molecule has 2 aromatic carbocycles. The minimum absolute atomic E-state index is 0.0618. The lowest BCUT2D eigenvalue weighted by molar-refractivity contribution is -0.132. The molecule has 36 heavy (non-hydrogen) atoms. The van der Waals surface area contributed by atoms with E-state index in [0.717, 1.165) is 4.70 Å². The molecule has 0 saturated carbocycles. The van der Waals surface area contributed by atoms with E-state index in [1.807, 2.05) is 6.07 Å². The second kappa shape index (κ2) is 8.44. The zero-order valence-electron chi connectivity index (χ0n) is 18.6. The number of benzene rings is 2.